The van der Waals surface area contributed by atoms with Gasteiger partial charge in [0, 0.05) is 174 Å². The molecule has 10 aliphatic rings. The van der Waals surface area contributed by atoms with Crippen molar-refractivity contribution < 1.29 is 62.1 Å². The van der Waals surface area contributed by atoms with Gasteiger partial charge in [0.25, 0.3) is 22.2 Å². The summed E-state index contributed by atoms with van der Waals surface area (Å²) in [7, 11) is 6.66. The number of aliphatic hydroxyl groups is 6. The average molecular weight is 1540 g/mol. The molecule has 0 radical (unpaired) electrons. The van der Waals surface area contributed by atoms with E-state index in [2.05, 4.69) is 80.7 Å². The molecule has 588 valence electrons. The third-order valence-corrected chi connectivity index (χ3v) is 22.3. The smallest absolute Gasteiger partial charge is 0.428 e. The summed E-state index contributed by atoms with van der Waals surface area (Å²) in [6, 6.07) is 0.135. The van der Waals surface area contributed by atoms with E-state index in [1.165, 1.54) is 22.4 Å². The molecule has 112 heavy (non-hydrogen) atoms. The second-order valence-electron chi connectivity index (χ2n) is 32.7. The van der Waals surface area contributed by atoms with Crippen molar-refractivity contribution in [2.24, 2.45) is 67.8 Å². The van der Waals surface area contributed by atoms with Gasteiger partial charge in [-0.05, 0) is 137 Å². The lowest BCUT2D eigenvalue weighted by atomic mass is 9.95. The van der Waals surface area contributed by atoms with E-state index in [4.69, 9.17) is 23.3 Å². The molecule has 8 heterocycles. The molecule has 8 aliphatic carbocycles. The number of allylic oxidation sites excluding steroid dienone is 4. The highest BCUT2D eigenvalue weighted by Crippen LogP contribution is 2.49. The molecule has 0 bridgehead atoms. The van der Waals surface area contributed by atoms with E-state index in [0.29, 0.717) is 94.7 Å². The number of aliphatic imine (C=N–C) groups is 2. The number of ether oxygens (including phenoxy) is 2. The van der Waals surface area contributed by atoms with Gasteiger partial charge in [-0.15, -0.1) is 20.4 Å². The highest BCUT2D eigenvalue weighted by molar-refractivity contribution is 6.24. The number of aliphatic hydroxyl groups excluding tert-OH is 2. The van der Waals surface area contributed by atoms with Crippen LogP contribution in [-0.4, -0.2) is 134 Å². The maximum Gasteiger partial charge on any atom is 0.428 e. The monoisotopic (exact) mass is 1530 g/mol. The van der Waals surface area contributed by atoms with Crippen LogP contribution in [-0.2, 0) is 76.6 Å². The molecule has 5 atom stereocenters. The van der Waals surface area contributed by atoms with Crippen LogP contribution in [0.3, 0.4) is 0 Å². The molecule has 6 N–H and O–H groups in total. The van der Waals surface area contributed by atoms with E-state index >= 15 is 0 Å². The zero-order valence-corrected chi connectivity index (χ0v) is 65.6. The normalized spacial score (nSPS) is 20.4. The lowest BCUT2D eigenvalue weighted by Crippen LogP contribution is -2.46. The molecule has 0 spiro atoms. The SMILES string of the molecule is CC1=C(C2=NC(C(C)C)CO2)c2c(C#CC(C)(O)C3CC3)cn(C)c(=O)c2C1.CC1=C(C2=NCC(C)(C)O2)c2c(C#CC(C)(O)C3CC3)cn(C)c(=O)c2C1.CC1=C(c2nnc(CO)o2)c2c(C#CC(C)(O)C3CC3)cn(C)c(=O)c2C1.CC1=C(c2nnc(CO)o2)c2c(C#CC(O)(C3CC3)C(F)(F)F)cn(C)c(=O)c2C1. The Morgan fingerprint density at radius 2 is 0.821 bits per heavy atom. The van der Waals surface area contributed by atoms with Crippen molar-refractivity contribution in [2.75, 3.05) is 13.2 Å². The fourth-order valence-electron chi connectivity index (χ4n) is 15.1. The fourth-order valence-corrected chi connectivity index (χ4v) is 15.1. The first-order valence-electron chi connectivity index (χ1n) is 37.8. The van der Waals surface area contributed by atoms with E-state index in [9.17, 15) is 63.0 Å². The maximum absolute atomic E-state index is 13.5. The highest BCUT2D eigenvalue weighted by Gasteiger charge is 2.61. The third kappa shape index (κ3) is 15.7. The van der Waals surface area contributed by atoms with E-state index in [1.54, 1.807) is 76.6 Å². The third-order valence-electron chi connectivity index (χ3n) is 22.3. The minimum Gasteiger partial charge on any atom is -0.475 e. The number of hydrogen-bond donors (Lipinski definition) is 6. The first-order chi connectivity index (χ1) is 52.7. The van der Waals surface area contributed by atoms with Crippen LogP contribution in [0.2, 0.25) is 0 Å². The Morgan fingerprint density at radius 1 is 0.500 bits per heavy atom. The van der Waals surface area contributed by atoms with E-state index < -0.39 is 41.1 Å². The predicted octanol–water partition coefficient (Wildman–Crippen LogP) is 7.96. The van der Waals surface area contributed by atoms with Crippen LogP contribution in [0, 0.1) is 77.0 Å². The lowest BCUT2D eigenvalue weighted by molar-refractivity contribution is -0.242. The second-order valence-corrected chi connectivity index (χ2v) is 32.7. The van der Waals surface area contributed by atoms with Crippen molar-refractivity contribution in [3.8, 4) is 47.4 Å². The number of alkyl halides is 3. The zero-order chi connectivity index (χ0) is 81.0. The second kappa shape index (κ2) is 29.7. The topological polar surface area (TPSA) is 330 Å². The molecule has 27 heteroatoms. The maximum atomic E-state index is 13.5. The molecule has 16 rings (SSSR count). The summed E-state index contributed by atoms with van der Waals surface area (Å²) in [5.41, 5.74) is 7.15. The molecule has 0 amide bonds. The highest BCUT2D eigenvalue weighted by atomic mass is 19.4. The van der Waals surface area contributed by atoms with Gasteiger partial charge in [0.05, 0.1) is 12.6 Å². The largest absolute Gasteiger partial charge is 0.475 e. The van der Waals surface area contributed by atoms with Crippen molar-refractivity contribution in [1.82, 2.24) is 38.7 Å². The Balaban J connectivity index is 0.000000131. The van der Waals surface area contributed by atoms with Crippen LogP contribution in [0.15, 0.2) is 85.1 Å². The fraction of sp³-hybridized carbons (Fsp3) is 0.506. The van der Waals surface area contributed by atoms with Crippen molar-refractivity contribution in [3.63, 3.8) is 0 Å². The summed E-state index contributed by atoms with van der Waals surface area (Å²) in [4.78, 5) is 60.1. The quantitative estimate of drug-likeness (QED) is 0.0670. The number of rotatable bonds is 11. The van der Waals surface area contributed by atoms with E-state index in [0.717, 1.165) is 99.8 Å². The summed E-state index contributed by atoms with van der Waals surface area (Å²) in [6.07, 6.45) is 10.0. The summed E-state index contributed by atoms with van der Waals surface area (Å²) in [5.74, 6) is 24.7. The van der Waals surface area contributed by atoms with Crippen LogP contribution >= 0.6 is 0 Å². The Kier molecular flexibility index (Phi) is 21.2. The van der Waals surface area contributed by atoms with Gasteiger partial charge in [-0.2, -0.15) is 13.2 Å². The summed E-state index contributed by atoms with van der Waals surface area (Å²) < 4.78 is 69.3. The Morgan fingerprint density at radius 3 is 1.11 bits per heavy atom. The Hall–Kier alpha value is -10.2. The van der Waals surface area contributed by atoms with Gasteiger partial charge in [-0.25, -0.2) is 9.98 Å². The van der Waals surface area contributed by atoms with Crippen molar-refractivity contribution in [2.45, 2.75) is 207 Å². The average Bonchev–Trinajstić information content (AvgIpc) is 1.60. The molecular weight excluding hydrogens is 1440 g/mol. The Bertz CT molecular complexity index is 5660. The van der Waals surface area contributed by atoms with Crippen molar-refractivity contribution >= 4 is 34.1 Å². The summed E-state index contributed by atoms with van der Waals surface area (Å²) in [5, 5.41) is 75.8. The predicted molar refractivity (Wildman–Crippen MR) is 411 cm³/mol. The van der Waals surface area contributed by atoms with Crippen molar-refractivity contribution in [1.29, 1.82) is 0 Å². The number of halogens is 3. The number of nitrogens with zero attached hydrogens (tertiary/aromatic N) is 10. The van der Waals surface area contributed by atoms with Gasteiger partial charge in [-0.1, -0.05) is 83.5 Å². The number of hydrogen-bond acceptors (Lipinski definition) is 20. The van der Waals surface area contributed by atoms with Gasteiger partial charge in [0.15, 0.2) is 0 Å². The molecule has 0 aromatic carbocycles. The number of aromatic nitrogens is 8. The first-order valence-corrected chi connectivity index (χ1v) is 37.8. The number of aryl methyl sites for hydroxylation is 4. The Labute approximate surface area is 645 Å². The van der Waals surface area contributed by atoms with Gasteiger partial charge < -0.3 is 67.2 Å². The van der Waals surface area contributed by atoms with Gasteiger partial charge in [0.1, 0.15) is 42.2 Å². The molecule has 6 aromatic heterocycles. The molecule has 0 saturated heterocycles. The van der Waals surface area contributed by atoms with E-state index in [1.807, 2.05) is 40.5 Å². The first kappa shape index (κ1) is 79.8. The minimum absolute atomic E-state index is 0.0112. The van der Waals surface area contributed by atoms with Crippen LogP contribution < -0.4 is 22.2 Å². The summed E-state index contributed by atoms with van der Waals surface area (Å²) in [6.45, 7) is 21.6. The van der Waals surface area contributed by atoms with Crippen LogP contribution in [0.5, 0.6) is 0 Å². The molecule has 4 saturated carbocycles. The minimum atomic E-state index is -4.90. The standard InChI is InChI=1S/C23H28N2O3.C22H26N2O3.C20H18F3N3O4.C20H21N3O4/c1-13(2)18-12-28-21(24-18)19-14(3)10-17-20(19)15(11-25(5)22(17)26)8-9-23(4,27)16-6-7-16;1-13-10-16-18(17(13)19-23-12-21(2,3)27-19)14(11-24(5)20(16)25)8-9-22(4,26)15-6-7-15;1-10-7-13-16(15(10)17-25-24-14(9-27)30-17)11(8-26(2)18(13)28)5-6-19(29,12-3-4-12)20(21,22)23;1-11-8-14-17(16(11)18-22-21-15(10-24)27-18)12(9-23(3)19(14)25)6-7-20(2,26)13-4-5-13/h11,13,16,18,27H,6-7,10,12H2,1-5H3;11,15,26H,6-7,10,12H2,1-5H3;8,12,27,29H,3-4,7,9H2,1-2H3;9,13,24,26H,4-5,8,10H2,1-3H3. The van der Waals surface area contributed by atoms with Crippen molar-refractivity contribution in [3.05, 3.63) is 179 Å². The molecule has 4 fully saturated rings. The van der Waals surface area contributed by atoms with Gasteiger partial charge in [0.2, 0.25) is 41.0 Å². The molecule has 6 aromatic rings. The van der Waals surface area contributed by atoms with E-state index in [-0.39, 0.29) is 107 Å². The van der Waals surface area contributed by atoms with Gasteiger partial charge >= 0.3 is 6.18 Å². The number of fused-ring (bicyclic) bond motifs is 4. The van der Waals surface area contributed by atoms with Crippen LogP contribution in [0.25, 0.3) is 22.3 Å². The number of pyridine rings is 4. The summed E-state index contributed by atoms with van der Waals surface area (Å²) >= 11 is 0. The molecular formula is C85H93F3N10O14. The van der Waals surface area contributed by atoms with Crippen LogP contribution in [0.4, 0.5) is 13.2 Å². The molecule has 24 nitrogen and oxygen atoms in total. The molecule has 5 unspecified atom stereocenters. The zero-order valence-electron chi connectivity index (χ0n) is 65.6. The lowest BCUT2D eigenvalue weighted by Gasteiger charge is -2.24. The van der Waals surface area contributed by atoms with Gasteiger partial charge in [-0.3, -0.25) is 19.2 Å². The molecule has 2 aliphatic heterocycles. The van der Waals surface area contributed by atoms with Crippen LogP contribution in [0.1, 0.15) is 218 Å².